The molecule has 0 aliphatic heterocycles. The van der Waals surface area contributed by atoms with E-state index in [0.717, 1.165) is 27.8 Å². The van der Waals surface area contributed by atoms with Crippen LogP contribution in [0, 0.1) is 6.92 Å². The highest BCUT2D eigenvalue weighted by molar-refractivity contribution is 7.98. The number of nitrogens with one attached hydrogen (secondary N) is 1. The SMILES string of the molecule is CSCC[C@H](NC(=O)c1ccc(/C=C/c2ccc(Oc3ccccc3Cl)nc2)cc1-c1ccccc1C)C(=O)O. The zero-order valence-corrected chi connectivity index (χ0v) is 23.7. The average Bonchev–Trinajstić information content (AvgIpc) is 2.96. The lowest BCUT2D eigenvalue weighted by atomic mass is 9.93. The summed E-state index contributed by atoms with van der Waals surface area (Å²) in [7, 11) is 0. The number of amides is 1. The summed E-state index contributed by atoms with van der Waals surface area (Å²) < 4.78 is 5.76. The molecule has 0 fully saturated rings. The molecule has 204 valence electrons. The maximum absolute atomic E-state index is 13.3. The Hall–Kier alpha value is -4.07. The first-order valence-electron chi connectivity index (χ1n) is 12.6. The first-order chi connectivity index (χ1) is 19.4. The largest absolute Gasteiger partial charge is 0.480 e. The Kier molecular flexibility index (Phi) is 10.00. The van der Waals surface area contributed by atoms with Crippen LogP contribution in [0.25, 0.3) is 23.3 Å². The van der Waals surface area contributed by atoms with Gasteiger partial charge in [0, 0.05) is 17.8 Å². The standard InChI is InChI=1S/C32H29ClN2O4S/c1-21-7-3-4-8-24(21)26-19-22(13-15-25(26)31(36)35-28(32(37)38)17-18-40-2)11-12-23-14-16-30(34-20-23)39-29-10-6-5-9-27(29)33/h3-16,19-20,28H,17-18H2,1-2H3,(H,35,36)(H,37,38)/b12-11+/t28-/m0/s1. The number of thioether (sulfide) groups is 1. The highest BCUT2D eigenvalue weighted by Crippen LogP contribution is 2.30. The van der Waals surface area contributed by atoms with Crippen molar-refractivity contribution in [3.05, 3.63) is 112 Å². The van der Waals surface area contributed by atoms with Crippen LogP contribution in [0.15, 0.2) is 85.1 Å². The number of pyridine rings is 1. The molecule has 4 rings (SSSR count). The van der Waals surface area contributed by atoms with Crippen LogP contribution in [0.2, 0.25) is 5.02 Å². The van der Waals surface area contributed by atoms with Crippen LogP contribution in [-0.4, -0.2) is 40.0 Å². The van der Waals surface area contributed by atoms with Gasteiger partial charge in [-0.05, 0) is 83.5 Å². The van der Waals surface area contributed by atoms with Gasteiger partial charge in [-0.15, -0.1) is 0 Å². The molecule has 6 nitrogen and oxygen atoms in total. The fourth-order valence-corrected chi connectivity index (χ4v) is 4.72. The van der Waals surface area contributed by atoms with Crippen molar-refractivity contribution in [2.24, 2.45) is 0 Å². The van der Waals surface area contributed by atoms with Crippen LogP contribution in [0.3, 0.4) is 0 Å². The van der Waals surface area contributed by atoms with Gasteiger partial charge in [0.1, 0.15) is 11.8 Å². The molecular weight excluding hydrogens is 544 g/mol. The predicted octanol–water partition coefficient (Wildman–Crippen LogP) is 7.61. The topological polar surface area (TPSA) is 88.5 Å². The van der Waals surface area contributed by atoms with Crippen molar-refractivity contribution >= 4 is 47.4 Å². The van der Waals surface area contributed by atoms with Gasteiger partial charge in [0.15, 0.2) is 0 Å². The Bertz CT molecular complexity index is 1520. The maximum Gasteiger partial charge on any atom is 0.326 e. The number of aliphatic carboxylic acids is 1. The Morgan fingerprint density at radius 3 is 2.42 bits per heavy atom. The third-order valence-electron chi connectivity index (χ3n) is 6.22. The number of para-hydroxylation sites is 1. The highest BCUT2D eigenvalue weighted by atomic mass is 35.5. The molecule has 1 aromatic heterocycles. The van der Waals surface area contributed by atoms with E-state index in [0.29, 0.717) is 34.4 Å². The molecular formula is C32H29ClN2O4S. The van der Waals surface area contributed by atoms with Crippen LogP contribution < -0.4 is 10.1 Å². The number of halogens is 1. The van der Waals surface area contributed by atoms with Crippen LogP contribution >= 0.6 is 23.4 Å². The molecule has 4 aromatic rings. The monoisotopic (exact) mass is 572 g/mol. The van der Waals surface area contributed by atoms with Crippen LogP contribution in [-0.2, 0) is 4.79 Å². The van der Waals surface area contributed by atoms with Crippen molar-refractivity contribution in [1.29, 1.82) is 0 Å². The van der Waals surface area contributed by atoms with Crippen LogP contribution in [0.5, 0.6) is 11.6 Å². The molecule has 0 unspecified atom stereocenters. The number of carbonyl (C=O) groups excluding carboxylic acids is 1. The lowest BCUT2D eigenvalue weighted by Crippen LogP contribution is -2.41. The van der Waals surface area contributed by atoms with Gasteiger partial charge in [0.25, 0.3) is 5.91 Å². The van der Waals surface area contributed by atoms with E-state index >= 15 is 0 Å². The third-order valence-corrected chi connectivity index (χ3v) is 7.17. The van der Waals surface area contributed by atoms with Crippen molar-refractivity contribution in [2.45, 2.75) is 19.4 Å². The van der Waals surface area contributed by atoms with Gasteiger partial charge in [-0.2, -0.15) is 11.8 Å². The minimum atomic E-state index is -1.05. The molecule has 0 radical (unpaired) electrons. The summed E-state index contributed by atoms with van der Waals surface area (Å²) in [6.07, 6.45) is 7.81. The Morgan fingerprint density at radius 1 is 1.00 bits per heavy atom. The van der Waals surface area contributed by atoms with E-state index in [1.165, 1.54) is 0 Å². The Balaban J connectivity index is 1.58. The summed E-state index contributed by atoms with van der Waals surface area (Å²) in [5.41, 5.74) is 4.81. The number of aromatic nitrogens is 1. The van der Waals surface area contributed by atoms with E-state index in [2.05, 4.69) is 10.3 Å². The maximum atomic E-state index is 13.3. The van der Waals surface area contributed by atoms with E-state index in [4.69, 9.17) is 16.3 Å². The molecule has 0 saturated heterocycles. The molecule has 1 amide bonds. The molecule has 0 aliphatic carbocycles. The molecule has 1 heterocycles. The van der Waals surface area contributed by atoms with Crippen molar-refractivity contribution in [1.82, 2.24) is 10.3 Å². The van der Waals surface area contributed by atoms with Gasteiger partial charge in [0.2, 0.25) is 5.88 Å². The first kappa shape index (κ1) is 28.9. The number of hydrogen-bond donors (Lipinski definition) is 2. The van der Waals surface area contributed by atoms with Crippen LogP contribution in [0.1, 0.15) is 33.5 Å². The number of nitrogens with zero attached hydrogens (tertiary/aromatic N) is 1. The quantitative estimate of drug-likeness (QED) is 0.192. The lowest BCUT2D eigenvalue weighted by molar-refractivity contribution is -0.139. The molecule has 0 aliphatic rings. The van der Waals surface area contributed by atoms with E-state index < -0.39 is 17.9 Å². The van der Waals surface area contributed by atoms with E-state index in [1.807, 2.05) is 79.9 Å². The molecule has 0 spiro atoms. The number of aryl methyl sites for hydroxylation is 1. The number of ether oxygens (including phenoxy) is 1. The summed E-state index contributed by atoms with van der Waals surface area (Å²) in [6.45, 7) is 1.98. The third kappa shape index (κ3) is 7.52. The normalized spacial score (nSPS) is 11.8. The van der Waals surface area contributed by atoms with E-state index in [1.54, 1.807) is 42.2 Å². The first-order valence-corrected chi connectivity index (χ1v) is 14.4. The summed E-state index contributed by atoms with van der Waals surface area (Å²) >= 11 is 7.70. The van der Waals surface area contributed by atoms with Crippen molar-refractivity contribution in [2.75, 3.05) is 12.0 Å². The summed E-state index contributed by atoms with van der Waals surface area (Å²) in [5, 5.41) is 12.8. The van der Waals surface area contributed by atoms with Gasteiger partial charge in [-0.3, -0.25) is 4.79 Å². The second-order valence-corrected chi connectivity index (χ2v) is 10.5. The smallest absolute Gasteiger partial charge is 0.326 e. The zero-order chi connectivity index (χ0) is 28.5. The highest BCUT2D eigenvalue weighted by Gasteiger charge is 2.22. The number of carboxylic acids is 1. The summed E-state index contributed by atoms with van der Waals surface area (Å²) in [6, 6.07) is 23.2. The van der Waals surface area contributed by atoms with E-state index in [-0.39, 0.29) is 0 Å². The fraction of sp³-hybridized carbons (Fsp3) is 0.156. The number of hydrogen-bond acceptors (Lipinski definition) is 5. The Morgan fingerprint density at radius 2 is 1.73 bits per heavy atom. The lowest BCUT2D eigenvalue weighted by Gasteiger charge is -2.17. The average molecular weight is 573 g/mol. The number of carboxylic acid groups (broad SMARTS) is 1. The van der Waals surface area contributed by atoms with E-state index in [9.17, 15) is 14.7 Å². The minimum absolute atomic E-state index is 0.346. The zero-order valence-electron chi connectivity index (χ0n) is 22.1. The second-order valence-electron chi connectivity index (χ2n) is 9.06. The molecule has 1 atom stereocenters. The number of carbonyl (C=O) groups is 2. The molecule has 2 N–H and O–H groups in total. The predicted molar refractivity (Wildman–Crippen MR) is 163 cm³/mol. The number of rotatable bonds is 11. The summed E-state index contributed by atoms with van der Waals surface area (Å²) in [5.74, 6) is 0.136. The Labute approximate surface area is 243 Å². The van der Waals surface area contributed by atoms with Crippen molar-refractivity contribution in [3.8, 4) is 22.8 Å². The molecule has 40 heavy (non-hydrogen) atoms. The van der Waals surface area contributed by atoms with Gasteiger partial charge < -0.3 is 15.2 Å². The van der Waals surface area contributed by atoms with Crippen molar-refractivity contribution in [3.63, 3.8) is 0 Å². The van der Waals surface area contributed by atoms with Gasteiger partial charge in [-0.25, -0.2) is 9.78 Å². The fourth-order valence-electron chi connectivity index (χ4n) is 4.07. The van der Waals surface area contributed by atoms with Gasteiger partial charge in [0.05, 0.1) is 5.02 Å². The molecule has 3 aromatic carbocycles. The van der Waals surface area contributed by atoms with Gasteiger partial charge in [-0.1, -0.05) is 66.2 Å². The second kappa shape index (κ2) is 13.8. The summed E-state index contributed by atoms with van der Waals surface area (Å²) in [4.78, 5) is 29.4. The molecule has 0 saturated carbocycles. The van der Waals surface area contributed by atoms with Crippen molar-refractivity contribution < 1.29 is 19.4 Å². The minimum Gasteiger partial charge on any atom is -0.480 e. The molecule has 0 bridgehead atoms. The number of benzene rings is 3. The molecule has 8 heteroatoms. The van der Waals surface area contributed by atoms with Gasteiger partial charge >= 0.3 is 5.97 Å². The van der Waals surface area contributed by atoms with Crippen LogP contribution in [0.4, 0.5) is 0 Å².